The molecule has 0 aliphatic heterocycles. The first-order valence-electron chi connectivity index (χ1n) is 9.02. The highest BCUT2D eigenvalue weighted by Crippen LogP contribution is 2.43. The first-order chi connectivity index (χ1) is 13.9. The number of aromatic nitrogens is 1. The summed E-state index contributed by atoms with van der Waals surface area (Å²) < 4.78 is 16.3. The number of nitrogens with zero attached hydrogens (tertiary/aromatic N) is 2. The summed E-state index contributed by atoms with van der Waals surface area (Å²) in [7, 11) is 4.65. The Morgan fingerprint density at radius 1 is 0.897 bits per heavy atom. The van der Waals surface area contributed by atoms with Crippen molar-refractivity contribution in [2.45, 2.75) is 13.8 Å². The summed E-state index contributed by atoms with van der Waals surface area (Å²) in [6, 6.07) is 13.8. The zero-order valence-corrected chi connectivity index (χ0v) is 17.2. The van der Waals surface area contributed by atoms with E-state index in [0.29, 0.717) is 34.1 Å². The van der Waals surface area contributed by atoms with Gasteiger partial charge in [0.25, 0.3) is 0 Å². The average Bonchev–Trinajstić information content (AvgIpc) is 2.73. The smallest absolute Gasteiger partial charge is 0.203 e. The van der Waals surface area contributed by atoms with Crippen LogP contribution in [0.2, 0.25) is 0 Å². The van der Waals surface area contributed by atoms with Gasteiger partial charge in [0.05, 0.1) is 27.0 Å². The Morgan fingerprint density at radius 2 is 1.55 bits per heavy atom. The first-order valence-corrected chi connectivity index (χ1v) is 9.02. The minimum Gasteiger partial charge on any atom is -0.493 e. The first kappa shape index (κ1) is 20.0. The number of ether oxygens (including phenoxy) is 3. The number of nitriles is 1. The molecule has 0 saturated heterocycles. The molecular formula is C23H23N3O3. The molecule has 0 aliphatic carbocycles. The zero-order chi connectivity index (χ0) is 21.1. The zero-order valence-electron chi connectivity index (χ0n) is 17.2. The number of pyridine rings is 1. The van der Waals surface area contributed by atoms with Gasteiger partial charge in [0, 0.05) is 11.1 Å². The van der Waals surface area contributed by atoms with Gasteiger partial charge in [-0.3, -0.25) is 0 Å². The lowest BCUT2D eigenvalue weighted by Gasteiger charge is -2.16. The van der Waals surface area contributed by atoms with Crippen molar-refractivity contribution >= 4 is 5.82 Å². The van der Waals surface area contributed by atoms with Gasteiger partial charge in [-0.15, -0.1) is 0 Å². The number of hydrogen-bond acceptors (Lipinski definition) is 6. The number of aryl methyl sites for hydroxylation is 2. The fourth-order valence-corrected chi connectivity index (χ4v) is 3.30. The van der Waals surface area contributed by atoms with E-state index in [-0.39, 0.29) is 5.82 Å². The summed E-state index contributed by atoms with van der Waals surface area (Å²) >= 11 is 0. The summed E-state index contributed by atoms with van der Waals surface area (Å²) in [5.41, 5.74) is 11.7. The van der Waals surface area contributed by atoms with Crippen LogP contribution in [0, 0.1) is 25.2 Å². The molecule has 3 aromatic rings. The summed E-state index contributed by atoms with van der Waals surface area (Å²) in [6.45, 7) is 4.04. The van der Waals surface area contributed by atoms with E-state index in [4.69, 9.17) is 19.9 Å². The molecule has 0 bridgehead atoms. The number of anilines is 1. The third-order valence-electron chi connectivity index (χ3n) is 4.80. The van der Waals surface area contributed by atoms with Crippen LogP contribution in [0.3, 0.4) is 0 Å². The van der Waals surface area contributed by atoms with Crippen LogP contribution >= 0.6 is 0 Å². The van der Waals surface area contributed by atoms with Crippen LogP contribution in [0.15, 0.2) is 36.4 Å². The summed E-state index contributed by atoms with van der Waals surface area (Å²) in [6.07, 6.45) is 0. The number of nitrogens with two attached hydrogens (primary N) is 1. The van der Waals surface area contributed by atoms with Crippen molar-refractivity contribution in [2.75, 3.05) is 27.1 Å². The molecule has 0 amide bonds. The Balaban J connectivity index is 2.31. The predicted octanol–water partition coefficient (Wildman–Crippen LogP) is 4.51. The van der Waals surface area contributed by atoms with Gasteiger partial charge in [0.2, 0.25) is 5.75 Å². The number of nitrogen functional groups attached to an aromatic ring is 1. The van der Waals surface area contributed by atoms with E-state index in [1.165, 1.54) is 0 Å². The number of rotatable bonds is 5. The second-order valence-corrected chi connectivity index (χ2v) is 6.66. The van der Waals surface area contributed by atoms with Gasteiger partial charge >= 0.3 is 0 Å². The van der Waals surface area contributed by atoms with Crippen LogP contribution in [-0.4, -0.2) is 26.3 Å². The lowest BCUT2D eigenvalue weighted by atomic mass is 9.95. The molecule has 0 saturated carbocycles. The number of benzene rings is 2. The van der Waals surface area contributed by atoms with E-state index in [0.717, 1.165) is 22.3 Å². The SMILES string of the molecule is COc1cc(-c2cc(-c3cc(C)ccc3C)nc(N)c2C#N)cc(OC)c1OC. The average molecular weight is 389 g/mol. The van der Waals surface area contributed by atoms with E-state index in [1.807, 2.05) is 32.0 Å². The van der Waals surface area contributed by atoms with Crippen molar-refractivity contribution in [1.29, 1.82) is 5.26 Å². The maximum absolute atomic E-state index is 9.72. The van der Waals surface area contributed by atoms with Crippen LogP contribution in [-0.2, 0) is 0 Å². The molecular weight excluding hydrogens is 366 g/mol. The van der Waals surface area contributed by atoms with Gasteiger partial charge in [-0.2, -0.15) is 5.26 Å². The Labute approximate surface area is 170 Å². The molecule has 0 radical (unpaired) electrons. The Morgan fingerprint density at radius 3 is 2.10 bits per heavy atom. The molecule has 148 valence electrons. The largest absolute Gasteiger partial charge is 0.493 e. The summed E-state index contributed by atoms with van der Waals surface area (Å²) in [4.78, 5) is 4.49. The molecule has 0 aliphatic rings. The highest BCUT2D eigenvalue weighted by atomic mass is 16.5. The number of hydrogen-bond donors (Lipinski definition) is 1. The van der Waals surface area contributed by atoms with Gasteiger partial charge in [-0.05, 0) is 49.2 Å². The molecule has 1 heterocycles. The standard InChI is InChI=1S/C23H23N3O3/c1-13-6-7-14(2)16(8-13)19-11-17(18(12-24)23(25)26-19)15-9-20(27-3)22(29-5)21(10-15)28-4/h6-11H,1-5H3,(H2,25,26). The highest BCUT2D eigenvalue weighted by molar-refractivity contribution is 5.83. The molecule has 0 fully saturated rings. The van der Waals surface area contributed by atoms with Crippen LogP contribution in [0.4, 0.5) is 5.82 Å². The maximum atomic E-state index is 9.72. The summed E-state index contributed by atoms with van der Waals surface area (Å²) in [5.74, 6) is 1.65. The van der Waals surface area contributed by atoms with E-state index in [9.17, 15) is 5.26 Å². The van der Waals surface area contributed by atoms with Crippen molar-refractivity contribution in [3.63, 3.8) is 0 Å². The molecule has 0 spiro atoms. The van der Waals surface area contributed by atoms with E-state index < -0.39 is 0 Å². The van der Waals surface area contributed by atoms with Gasteiger partial charge in [-0.1, -0.05) is 17.7 Å². The predicted molar refractivity (Wildman–Crippen MR) is 113 cm³/mol. The van der Waals surface area contributed by atoms with Crippen LogP contribution < -0.4 is 19.9 Å². The molecule has 2 aromatic carbocycles. The van der Waals surface area contributed by atoms with E-state index >= 15 is 0 Å². The fourth-order valence-electron chi connectivity index (χ4n) is 3.30. The lowest BCUT2D eigenvalue weighted by molar-refractivity contribution is 0.324. The van der Waals surface area contributed by atoms with Crippen molar-refractivity contribution in [3.8, 4) is 45.7 Å². The minimum absolute atomic E-state index is 0.176. The maximum Gasteiger partial charge on any atom is 0.203 e. The second-order valence-electron chi connectivity index (χ2n) is 6.66. The van der Waals surface area contributed by atoms with Gasteiger partial charge in [0.15, 0.2) is 11.5 Å². The van der Waals surface area contributed by atoms with Crippen molar-refractivity contribution in [3.05, 3.63) is 53.1 Å². The fraction of sp³-hybridized carbons (Fsp3) is 0.217. The topological polar surface area (TPSA) is 90.4 Å². The van der Waals surface area contributed by atoms with Crippen molar-refractivity contribution in [2.24, 2.45) is 0 Å². The molecule has 6 heteroatoms. The molecule has 0 unspecified atom stereocenters. The Bertz CT molecular complexity index is 1090. The van der Waals surface area contributed by atoms with E-state index in [1.54, 1.807) is 33.5 Å². The Hall–Kier alpha value is -3.72. The normalized spacial score (nSPS) is 10.3. The van der Waals surface area contributed by atoms with Crippen molar-refractivity contribution in [1.82, 2.24) is 4.98 Å². The van der Waals surface area contributed by atoms with Crippen LogP contribution in [0.1, 0.15) is 16.7 Å². The highest BCUT2D eigenvalue weighted by Gasteiger charge is 2.19. The molecule has 3 rings (SSSR count). The number of methoxy groups -OCH3 is 3. The lowest BCUT2D eigenvalue weighted by Crippen LogP contribution is -2.01. The van der Waals surface area contributed by atoms with Crippen molar-refractivity contribution < 1.29 is 14.2 Å². The Kier molecular flexibility index (Phi) is 5.60. The molecule has 2 N–H and O–H groups in total. The van der Waals surface area contributed by atoms with E-state index in [2.05, 4.69) is 17.1 Å². The minimum atomic E-state index is 0.176. The monoisotopic (exact) mass is 389 g/mol. The molecule has 0 atom stereocenters. The van der Waals surface area contributed by atoms with Crippen LogP contribution in [0.5, 0.6) is 17.2 Å². The van der Waals surface area contributed by atoms with Gasteiger partial charge < -0.3 is 19.9 Å². The van der Waals surface area contributed by atoms with Gasteiger partial charge in [0.1, 0.15) is 17.5 Å². The summed E-state index contributed by atoms with van der Waals surface area (Å²) in [5, 5.41) is 9.72. The third-order valence-corrected chi connectivity index (χ3v) is 4.80. The molecule has 1 aromatic heterocycles. The second kappa shape index (κ2) is 8.11. The van der Waals surface area contributed by atoms with Crippen LogP contribution in [0.25, 0.3) is 22.4 Å². The third kappa shape index (κ3) is 3.67. The quantitative estimate of drug-likeness (QED) is 0.690. The molecule has 29 heavy (non-hydrogen) atoms. The van der Waals surface area contributed by atoms with Gasteiger partial charge in [-0.25, -0.2) is 4.98 Å². The molecule has 6 nitrogen and oxygen atoms in total.